The number of nitrogens with zero attached hydrogens (tertiary/aromatic N) is 3. The summed E-state index contributed by atoms with van der Waals surface area (Å²) in [6.45, 7) is 4.69. The molecule has 0 aliphatic heterocycles. The van der Waals surface area contributed by atoms with Crippen LogP contribution in [0.25, 0.3) is 138 Å². The monoisotopic (exact) mass is 905 g/mol. The zero-order chi connectivity index (χ0) is 47.0. The van der Waals surface area contributed by atoms with Gasteiger partial charge in [0, 0.05) is 54.4 Å². The second kappa shape index (κ2) is 14.9. The van der Waals surface area contributed by atoms with Crippen molar-refractivity contribution in [2.24, 2.45) is 0 Å². The van der Waals surface area contributed by atoms with Crippen molar-refractivity contribution >= 4 is 60.0 Å². The first-order valence-corrected chi connectivity index (χ1v) is 24.5. The van der Waals surface area contributed by atoms with Crippen LogP contribution in [-0.2, 0) is 5.41 Å². The van der Waals surface area contributed by atoms with E-state index in [1.165, 1.54) is 93.7 Å². The van der Waals surface area contributed by atoms with Crippen molar-refractivity contribution in [3.8, 4) is 78.4 Å². The van der Waals surface area contributed by atoms with Crippen LogP contribution in [0.2, 0.25) is 0 Å². The van der Waals surface area contributed by atoms with Gasteiger partial charge in [-0.2, -0.15) is 0 Å². The SMILES string of the molecule is CC1(C)c2ccc(-c3cccc(-c4ccc5c6cccc7c8ccc(-c9cccc%10oc%11ccccc%11c9%10)cc8n(c5c4)c67)c3)cc2-c2cc(-c3cc(-c4ccccc4)nc(-c4ccccc4)n3)ccc21. The predicted octanol–water partition coefficient (Wildman–Crippen LogP) is 17.8. The third kappa shape index (κ3) is 5.98. The first-order valence-electron chi connectivity index (χ1n) is 24.5. The van der Waals surface area contributed by atoms with E-state index in [1.807, 2.05) is 30.3 Å². The first kappa shape index (κ1) is 39.8. The number of rotatable bonds is 6. The molecule has 4 heteroatoms. The van der Waals surface area contributed by atoms with Gasteiger partial charge in [0.05, 0.1) is 27.9 Å². The van der Waals surface area contributed by atoms with Crippen LogP contribution in [0.4, 0.5) is 0 Å². The Kier molecular flexibility index (Phi) is 8.38. The van der Waals surface area contributed by atoms with Gasteiger partial charge in [0.1, 0.15) is 11.2 Å². The quantitative estimate of drug-likeness (QED) is 0.167. The van der Waals surface area contributed by atoms with Crippen molar-refractivity contribution in [3.05, 3.63) is 236 Å². The fraction of sp³-hybridized carbons (Fsp3) is 0.0448. The highest BCUT2D eigenvalue weighted by atomic mass is 16.3. The summed E-state index contributed by atoms with van der Waals surface area (Å²) in [5.74, 6) is 0.718. The molecule has 4 heterocycles. The smallest absolute Gasteiger partial charge is 0.160 e. The zero-order valence-electron chi connectivity index (χ0n) is 39.1. The van der Waals surface area contributed by atoms with E-state index in [1.54, 1.807) is 0 Å². The van der Waals surface area contributed by atoms with Crippen molar-refractivity contribution in [3.63, 3.8) is 0 Å². The molecule has 1 aliphatic rings. The lowest BCUT2D eigenvalue weighted by atomic mass is 9.82. The largest absolute Gasteiger partial charge is 0.456 e. The lowest BCUT2D eigenvalue weighted by molar-refractivity contribution is 0.660. The number of furan rings is 1. The Morgan fingerprint density at radius 3 is 1.59 bits per heavy atom. The highest BCUT2D eigenvalue weighted by Crippen LogP contribution is 2.51. The Hall–Kier alpha value is -9.12. The summed E-state index contributed by atoms with van der Waals surface area (Å²) in [6, 6.07) is 81.3. The number of para-hydroxylation sites is 2. The molecule has 0 radical (unpaired) electrons. The third-order valence-corrected chi connectivity index (χ3v) is 15.4. The predicted molar refractivity (Wildman–Crippen MR) is 294 cm³/mol. The molecule has 0 atom stereocenters. The maximum atomic E-state index is 6.32. The topological polar surface area (TPSA) is 43.3 Å². The Balaban J connectivity index is 0.833. The fourth-order valence-corrected chi connectivity index (χ4v) is 11.9. The van der Waals surface area contributed by atoms with Crippen molar-refractivity contribution in [1.82, 2.24) is 14.4 Å². The van der Waals surface area contributed by atoms with E-state index in [0.29, 0.717) is 0 Å². The molecule has 332 valence electrons. The molecule has 14 aromatic rings. The van der Waals surface area contributed by atoms with Gasteiger partial charge < -0.3 is 8.82 Å². The Labute approximate surface area is 410 Å². The molecule has 4 nitrogen and oxygen atoms in total. The molecule has 1 aliphatic carbocycles. The van der Waals surface area contributed by atoms with Crippen molar-refractivity contribution in [2.45, 2.75) is 19.3 Å². The number of hydrogen-bond donors (Lipinski definition) is 0. The lowest BCUT2D eigenvalue weighted by Crippen LogP contribution is -2.14. The maximum absolute atomic E-state index is 6.32. The molecule has 0 unspecified atom stereocenters. The van der Waals surface area contributed by atoms with E-state index in [2.05, 4.69) is 212 Å². The summed E-state index contributed by atoms with van der Waals surface area (Å²) < 4.78 is 8.82. The van der Waals surface area contributed by atoms with Gasteiger partial charge in [0.15, 0.2) is 5.82 Å². The normalized spacial score (nSPS) is 13.0. The van der Waals surface area contributed by atoms with Gasteiger partial charge in [0.2, 0.25) is 0 Å². The molecule has 15 rings (SSSR count). The molecule has 71 heavy (non-hydrogen) atoms. The van der Waals surface area contributed by atoms with Gasteiger partial charge in [-0.25, -0.2) is 9.97 Å². The van der Waals surface area contributed by atoms with Gasteiger partial charge in [0.25, 0.3) is 0 Å². The highest BCUT2D eigenvalue weighted by molar-refractivity contribution is 6.24. The van der Waals surface area contributed by atoms with Crippen LogP contribution in [0.3, 0.4) is 0 Å². The molecule has 10 aromatic carbocycles. The molecule has 4 aromatic heterocycles. The maximum Gasteiger partial charge on any atom is 0.160 e. The average molecular weight is 906 g/mol. The molecular weight excluding hydrogens is 863 g/mol. The van der Waals surface area contributed by atoms with E-state index in [9.17, 15) is 0 Å². The van der Waals surface area contributed by atoms with E-state index < -0.39 is 0 Å². The lowest BCUT2D eigenvalue weighted by Gasteiger charge is -2.21. The standard InChI is InChI=1S/C67H43N3O/c1-67(2)56-32-28-44(35-54(56)55-36-47(29-33-57(55)67)59-39-58(40-14-5-3-6-15-40)68-66(69-59)41-16-7-4-8-17-41)42-18-11-19-43(34-42)45-26-30-49-51-22-12-23-52-50-31-27-46(38-61(50)70(65(51)52)60(49)37-45)48-21-13-25-63-64(48)53-20-9-10-24-62(53)71-63/h3-39H,1-2H3. The molecule has 0 N–H and O–H groups in total. The van der Waals surface area contributed by atoms with E-state index in [4.69, 9.17) is 14.4 Å². The van der Waals surface area contributed by atoms with Crippen LogP contribution >= 0.6 is 0 Å². The van der Waals surface area contributed by atoms with Gasteiger partial charge in [-0.1, -0.05) is 190 Å². The first-order chi connectivity index (χ1) is 34.9. The molecule has 0 spiro atoms. The molecule has 0 fully saturated rings. The van der Waals surface area contributed by atoms with E-state index in [-0.39, 0.29) is 5.41 Å². The van der Waals surface area contributed by atoms with Crippen molar-refractivity contribution in [1.29, 1.82) is 0 Å². The van der Waals surface area contributed by atoms with Crippen LogP contribution in [0.1, 0.15) is 25.0 Å². The summed E-state index contributed by atoms with van der Waals surface area (Å²) in [4.78, 5) is 10.3. The summed E-state index contributed by atoms with van der Waals surface area (Å²) >= 11 is 0. The zero-order valence-corrected chi connectivity index (χ0v) is 39.1. The summed E-state index contributed by atoms with van der Waals surface area (Å²) in [6.07, 6.45) is 0. The Morgan fingerprint density at radius 2 is 0.859 bits per heavy atom. The molecule has 0 saturated heterocycles. The molecule has 0 amide bonds. The minimum atomic E-state index is -0.155. The van der Waals surface area contributed by atoms with Crippen LogP contribution in [0.15, 0.2) is 229 Å². The van der Waals surface area contributed by atoms with Gasteiger partial charge in [-0.05, 0) is 104 Å². The molecule has 0 bridgehead atoms. The second-order valence-corrected chi connectivity index (χ2v) is 19.7. The second-order valence-electron chi connectivity index (χ2n) is 19.7. The summed E-state index contributed by atoms with van der Waals surface area (Å²) in [7, 11) is 0. The van der Waals surface area contributed by atoms with Gasteiger partial charge >= 0.3 is 0 Å². The molecular formula is C67H43N3O. The van der Waals surface area contributed by atoms with Crippen LogP contribution in [-0.4, -0.2) is 14.4 Å². The minimum absolute atomic E-state index is 0.155. The van der Waals surface area contributed by atoms with Crippen LogP contribution in [0.5, 0.6) is 0 Å². The minimum Gasteiger partial charge on any atom is -0.456 e. The van der Waals surface area contributed by atoms with E-state index >= 15 is 0 Å². The summed E-state index contributed by atoms with van der Waals surface area (Å²) in [5, 5.41) is 7.36. The number of aromatic nitrogens is 3. The fourth-order valence-electron chi connectivity index (χ4n) is 11.9. The molecule has 0 saturated carbocycles. The highest BCUT2D eigenvalue weighted by Gasteiger charge is 2.36. The van der Waals surface area contributed by atoms with E-state index in [0.717, 1.165) is 55.8 Å². The third-order valence-electron chi connectivity index (χ3n) is 15.4. The van der Waals surface area contributed by atoms with Crippen molar-refractivity contribution in [2.75, 3.05) is 0 Å². The van der Waals surface area contributed by atoms with Gasteiger partial charge in [-0.3, -0.25) is 0 Å². The Bertz CT molecular complexity index is 4420. The number of hydrogen-bond acceptors (Lipinski definition) is 3. The Morgan fingerprint density at radius 1 is 0.352 bits per heavy atom. The van der Waals surface area contributed by atoms with Gasteiger partial charge in [-0.15, -0.1) is 0 Å². The van der Waals surface area contributed by atoms with Crippen LogP contribution < -0.4 is 0 Å². The number of benzene rings is 10. The average Bonchev–Trinajstić information content (AvgIpc) is 4.15. The summed E-state index contributed by atoms with van der Waals surface area (Å²) in [5.41, 5.74) is 22.6. The number of fused-ring (bicyclic) bond motifs is 12. The van der Waals surface area contributed by atoms with Crippen LogP contribution in [0, 0.1) is 0 Å². The van der Waals surface area contributed by atoms with Crippen molar-refractivity contribution < 1.29 is 4.42 Å².